The molecule has 116 valence electrons. The quantitative estimate of drug-likeness (QED) is 0.619. The number of nitro groups is 1. The summed E-state index contributed by atoms with van der Waals surface area (Å²) in [6.45, 7) is 6.94. The zero-order valence-electron chi connectivity index (χ0n) is 12.8. The number of aromatic nitrogens is 1. The normalized spacial score (nSPS) is 23.2. The number of anilines is 2. The molecule has 2 atom stereocenters. The second-order valence-corrected chi connectivity index (χ2v) is 5.80. The van der Waals surface area contributed by atoms with E-state index in [1.165, 1.54) is 12.1 Å². The van der Waals surface area contributed by atoms with Crippen molar-refractivity contribution in [1.82, 2.24) is 4.98 Å². The number of hydrogen-bond donors (Lipinski definition) is 2. The van der Waals surface area contributed by atoms with Crippen LogP contribution < -0.4 is 10.6 Å². The molecular weight excluding hydrogens is 272 g/mol. The van der Waals surface area contributed by atoms with Gasteiger partial charge in [-0.15, -0.1) is 0 Å². The van der Waals surface area contributed by atoms with E-state index in [1.807, 2.05) is 6.92 Å². The van der Waals surface area contributed by atoms with E-state index in [0.29, 0.717) is 18.2 Å². The van der Waals surface area contributed by atoms with E-state index in [0.717, 1.165) is 6.42 Å². The minimum absolute atomic E-state index is 0.0235. The van der Waals surface area contributed by atoms with Crippen LogP contribution in [0.25, 0.3) is 0 Å². The van der Waals surface area contributed by atoms with E-state index >= 15 is 0 Å². The Morgan fingerprint density at radius 1 is 1.48 bits per heavy atom. The maximum atomic E-state index is 11.0. The van der Waals surface area contributed by atoms with Crippen LogP contribution in [0.15, 0.2) is 12.1 Å². The van der Waals surface area contributed by atoms with Crippen molar-refractivity contribution in [2.45, 2.75) is 39.3 Å². The van der Waals surface area contributed by atoms with Gasteiger partial charge < -0.3 is 15.4 Å². The van der Waals surface area contributed by atoms with E-state index in [-0.39, 0.29) is 23.2 Å². The van der Waals surface area contributed by atoms with Gasteiger partial charge in [-0.2, -0.15) is 0 Å². The lowest BCUT2D eigenvalue weighted by Gasteiger charge is -2.51. The first-order chi connectivity index (χ1) is 9.88. The van der Waals surface area contributed by atoms with Crippen molar-refractivity contribution >= 4 is 17.3 Å². The molecule has 0 aliphatic heterocycles. The summed E-state index contributed by atoms with van der Waals surface area (Å²) in [6, 6.07) is 3.07. The van der Waals surface area contributed by atoms with Crippen LogP contribution in [0.2, 0.25) is 0 Å². The molecule has 1 aliphatic rings. The van der Waals surface area contributed by atoms with Crippen molar-refractivity contribution in [2.75, 3.05) is 24.3 Å². The molecule has 0 spiro atoms. The van der Waals surface area contributed by atoms with Crippen LogP contribution in [0.3, 0.4) is 0 Å². The molecule has 2 unspecified atom stereocenters. The second-order valence-electron chi connectivity index (χ2n) is 5.80. The van der Waals surface area contributed by atoms with Crippen LogP contribution in [-0.2, 0) is 4.74 Å². The number of pyridine rings is 1. The molecule has 1 aliphatic carbocycles. The van der Waals surface area contributed by atoms with Crippen molar-refractivity contribution in [2.24, 2.45) is 5.41 Å². The molecule has 1 saturated carbocycles. The Hall–Kier alpha value is -1.89. The third kappa shape index (κ3) is 3.07. The first kappa shape index (κ1) is 15.5. The lowest BCUT2D eigenvalue weighted by Crippen LogP contribution is -2.58. The summed E-state index contributed by atoms with van der Waals surface area (Å²) in [5.74, 6) is 0.992. The smallest absolute Gasteiger partial charge is 0.276 e. The van der Waals surface area contributed by atoms with E-state index in [9.17, 15) is 10.1 Å². The molecule has 0 saturated heterocycles. The average Bonchev–Trinajstić information content (AvgIpc) is 2.45. The molecule has 7 heteroatoms. The minimum Gasteiger partial charge on any atom is -0.378 e. The Bertz CT molecular complexity index is 533. The maximum absolute atomic E-state index is 11.0. The first-order valence-corrected chi connectivity index (χ1v) is 7.10. The zero-order chi connectivity index (χ0) is 15.6. The van der Waals surface area contributed by atoms with Gasteiger partial charge in [0.25, 0.3) is 5.69 Å². The molecule has 2 N–H and O–H groups in total. The van der Waals surface area contributed by atoms with Gasteiger partial charge in [-0.1, -0.05) is 13.8 Å². The van der Waals surface area contributed by atoms with Crippen molar-refractivity contribution in [3.05, 3.63) is 22.2 Å². The fourth-order valence-electron chi connectivity index (χ4n) is 2.62. The number of rotatable bonds is 6. The molecule has 2 rings (SSSR count). The van der Waals surface area contributed by atoms with Gasteiger partial charge in [-0.25, -0.2) is 4.98 Å². The Balaban J connectivity index is 2.13. The van der Waals surface area contributed by atoms with E-state index in [2.05, 4.69) is 29.5 Å². The van der Waals surface area contributed by atoms with Crippen molar-refractivity contribution in [3.8, 4) is 0 Å². The highest BCUT2D eigenvalue weighted by Gasteiger charge is 2.49. The predicted molar refractivity (Wildman–Crippen MR) is 81.7 cm³/mol. The van der Waals surface area contributed by atoms with E-state index < -0.39 is 4.92 Å². The van der Waals surface area contributed by atoms with Gasteiger partial charge >= 0.3 is 0 Å². The Morgan fingerprint density at radius 3 is 2.67 bits per heavy atom. The number of ether oxygens (including phenoxy) is 1. The van der Waals surface area contributed by atoms with E-state index in [1.54, 1.807) is 7.05 Å². The largest absolute Gasteiger partial charge is 0.378 e. The van der Waals surface area contributed by atoms with Crippen molar-refractivity contribution < 1.29 is 9.66 Å². The molecule has 1 aromatic rings. The van der Waals surface area contributed by atoms with Gasteiger partial charge in [0.05, 0.1) is 23.2 Å². The number of nitrogens with zero attached hydrogens (tertiary/aromatic N) is 2. The molecule has 1 fully saturated rings. The minimum atomic E-state index is -0.414. The topological polar surface area (TPSA) is 89.3 Å². The van der Waals surface area contributed by atoms with Crippen LogP contribution in [-0.4, -0.2) is 35.7 Å². The Labute approximate surface area is 124 Å². The summed E-state index contributed by atoms with van der Waals surface area (Å²) in [5.41, 5.74) is -0.00222. The van der Waals surface area contributed by atoms with E-state index in [4.69, 9.17) is 4.74 Å². The highest BCUT2D eigenvalue weighted by molar-refractivity contribution is 5.55. The number of nitrogens with one attached hydrogen (secondary N) is 2. The van der Waals surface area contributed by atoms with Crippen LogP contribution in [0, 0.1) is 15.5 Å². The first-order valence-electron chi connectivity index (χ1n) is 7.10. The third-order valence-electron chi connectivity index (χ3n) is 4.14. The lowest BCUT2D eigenvalue weighted by atomic mass is 9.64. The Kier molecular flexibility index (Phi) is 4.32. The monoisotopic (exact) mass is 294 g/mol. The Morgan fingerprint density at radius 2 is 2.14 bits per heavy atom. The second kappa shape index (κ2) is 5.85. The summed E-state index contributed by atoms with van der Waals surface area (Å²) in [4.78, 5) is 14.9. The average molecular weight is 294 g/mol. The highest BCUT2D eigenvalue weighted by Crippen LogP contribution is 2.44. The van der Waals surface area contributed by atoms with Gasteiger partial charge in [0.15, 0.2) is 0 Å². The van der Waals surface area contributed by atoms with Crippen LogP contribution in [0.4, 0.5) is 17.3 Å². The molecule has 0 radical (unpaired) electrons. The molecule has 1 aromatic heterocycles. The standard InChI is InChI=1S/C14H22N4O3/c1-5-21-11-8-10(14(11,2)3)16-13-7-9(18(19)20)6-12(15-4)17-13/h6-7,10-11H,5,8H2,1-4H3,(H2,15,16,17). The fraction of sp³-hybridized carbons (Fsp3) is 0.643. The molecular formula is C14H22N4O3. The van der Waals surface area contributed by atoms with Crippen LogP contribution in [0.5, 0.6) is 0 Å². The predicted octanol–water partition coefficient (Wildman–Crippen LogP) is 2.65. The lowest BCUT2D eigenvalue weighted by molar-refractivity contribution is -0.384. The molecule has 7 nitrogen and oxygen atoms in total. The molecule has 0 amide bonds. The summed E-state index contributed by atoms with van der Waals surface area (Å²) >= 11 is 0. The number of hydrogen-bond acceptors (Lipinski definition) is 6. The van der Waals surface area contributed by atoms with Gasteiger partial charge in [-0.05, 0) is 13.3 Å². The summed E-state index contributed by atoms with van der Waals surface area (Å²) in [6.07, 6.45) is 1.09. The fourth-order valence-corrected chi connectivity index (χ4v) is 2.62. The maximum Gasteiger partial charge on any atom is 0.276 e. The molecule has 21 heavy (non-hydrogen) atoms. The molecule has 1 heterocycles. The van der Waals surface area contributed by atoms with Crippen molar-refractivity contribution in [3.63, 3.8) is 0 Å². The zero-order valence-corrected chi connectivity index (χ0v) is 12.8. The van der Waals surface area contributed by atoms with Gasteiger partial charge in [-0.3, -0.25) is 10.1 Å². The van der Waals surface area contributed by atoms with Crippen LogP contribution in [0.1, 0.15) is 27.2 Å². The van der Waals surface area contributed by atoms with Gasteiger partial charge in [0.1, 0.15) is 11.6 Å². The van der Waals surface area contributed by atoms with Crippen molar-refractivity contribution in [1.29, 1.82) is 0 Å². The summed E-state index contributed by atoms with van der Waals surface area (Å²) < 4.78 is 5.69. The molecule has 0 aromatic carbocycles. The molecule has 0 bridgehead atoms. The van der Waals surface area contributed by atoms with Gasteiger partial charge in [0.2, 0.25) is 0 Å². The third-order valence-corrected chi connectivity index (χ3v) is 4.14. The van der Waals surface area contributed by atoms with Crippen LogP contribution >= 0.6 is 0 Å². The summed E-state index contributed by atoms with van der Waals surface area (Å²) in [7, 11) is 1.69. The highest BCUT2D eigenvalue weighted by atomic mass is 16.6. The summed E-state index contributed by atoms with van der Waals surface area (Å²) in [5, 5.41) is 17.1. The SMILES string of the molecule is CCOC1CC(Nc2cc([N+](=O)[O-])cc(NC)n2)C1(C)C. The van der Waals surface area contributed by atoms with Gasteiger partial charge in [0, 0.05) is 25.1 Å².